The summed E-state index contributed by atoms with van der Waals surface area (Å²) in [5.74, 6) is 0. The minimum atomic E-state index is 0. The average Bonchev–Trinajstić information content (AvgIpc) is 2.59. The molecule has 0 spiro atoms. The van der Waals surface area contributed by atoms with Gasteiger partial charge in [-0.1, -0.05) is 6.07 Å². The summed E-state index contributed by atoms with van der Waals surface area (Å²) in [6.07, 6.45) is 9.93. The Kier molecular flexibility index (Phi) is 15.6. The summed E-state index contributed by atoms with van der Waals surface area (Å²) in [6, 6.07) is 7.97. The lowest BCUT2D eigenvalue weighted by molar-refractivity contribution is 0.112. The molecule has 1 fully saturated rings. The largest absolute Gasteiger partial charge is 0.328 e. The van der Waals surface area contributed by atoms with E-state index in [0.29, 0.717) is 11.6 Å². The molecule has 5 nitrogen and oxygen atoms in total. The molecule has 3 heterocycles. The molecule has 0 amide bonds. The van der Waals surface area contributed by atoms with Gasteiger partial charge in [0.25, 0.3) is 0 Å². The molecule has 140 valence electrons. The van der Waals surface area contributed by atoms with Crippen LogP contribution in [0, 0.1) is 0 Å². The summed E-state index contributed by atoms with van der Waals surface area (Å²) in [5.41, 5.74) is 7.76. The first kappa shape index (κ1) is 26.0. The maximum absolute atomic E-state index is 9.97. The number of carbonyl (C=O) groups excluding carboxylic acids is 1. The summed E-state index contributed by atoms with van der Waals surface area (Å²) in [4.78, 5) is 20.2. The van der Waals surface area contributed by atoms with Crippen molar-refractivity contribution in [2.75, 3.05) is 13.1 Å². The van der Waals surface area contributed by atoms with Crippen LogP contribution in [0.25, 0.3) is 0 Å². The smallest absolute Gasteiger partial charge is 0.151 e. The monoisotopic (exact) mass is 406 g/mol. The van der Waals surface area contributed by atoms with Gasteiger partial charge in [-0.25, -0.2) is 0 Å². The molecular formula is C17H25Cl3N4O. The number of nitrogens with zero attached hydrogens (tertiary/aromatic N) is 3. The lowest BCUT2D eigenvalue weighted by Gasteiger charge is -2.29. The van der Waals surface area contributed by atoms with E-state index in [2.05, 4.69) is 20.9 Å². The minimum absolute atomic E-state index is 0. The Labute approximate surface area is 167 Å². The van der Waals surface area contributed by atoms with Crippen LogP contribution in [0.3, 0.4) is 0 Å². The Morgan fingerprint density at radius 2 is 1.64 bits per heavy atom. The molecule has 3 rings (SSSR count). The standard InChI is InChI=1S/C11H17N3.C6H5NO.3ClH/c12-11-3-6-14(7-4-11)9-10-2-1-5-13-8-10;8-5-6-2-1-3-7-4-6;;;/h1-2,5,8,11H,3-4,6-7,9,12H2;1-5H;3*1H. The maximum Gasteiger partial charge on any atom is 0.151 e. The van der Waals surface area contributed by atoms with E-state index in [1.54, 1.807) is 18.3 Å². The number of pyridine rings is 2. The quantitative estimate of drug-likeness (QED) is 0.791. The van der Waals surface area contributed by atoms with Crippen molar-refractivity contribution in [3.8, 4) is 0 Å². The molecule has 0 unspecified atom stereocenters. The number of aldehydes is 1. The Balaban J connectivity index is 0. The highest BCUT2D eigenvalue weighted by atomic mass is 35.5. The van der Waals surface area contributed by atoms with E-state index >= 15 is 0 Å². The Hall–Kier alpha value is -1.24. The van der Waals surface area contributed by atoms with E-state index in [9.17, 15) is 4.79 Å². The number of piperidine rings is 1. The van der Waals surface area contributed by atoms with Crippen LogP contribution in [0.2, 0.25) is 0 Å². The zero-order valence-corrected chi connectivity index (χ0v) is 16.3. The van der Waals surface area contributed by atoms with Gasteiger partial charge < -0.3 is 5.73 Å². The molecule has 8 heteroatoms. The van der Waals surface area contributed by atoms with Crippen LogP contribution < -0.4 is 5.73 Å². The van der Waals surface area contributed by atoms with Gasteiger partial charge in [0.2, 0.25) is 0 Å². The first-order chi connectivity index (χ1) is 10.8. The molecule has 2 aromatic heterocycles. The van der Waals surface area contributed by atoms with Gasteiger partial charge in [0, 0.05) is 42.9 Å². The maximum atomic E-state index is 9.97. The highest BCUT2D eigenvalue weighted by Crippen LogP contribution is 2.11. The van der Waals surface area contributed by atoms with Crippen LogP contribution in [0.1, 0.15) is 28.8 Å². The van der Waals surface area contributed by atoms with Crippen molar-refractivity contribution in [3.63, 3.8) is 0 Å². The fourth-order valence-corrected chi connectivity index (χ4v) is 2.31. The van der Waals surface area contributed by atoms with Gasteiger partial charge in [0.1, 0.15) is 0 Å². The summed E-state index contributed by atoms with van der Waals surface area (Å²) in [7, 11) is 0. The van der Waals surface area contributed by atoms with Gasteiger partial charge in [-0.15, -0.1) is 37.2 Å². The van der Waals surface area contributed by atoms with Crippen molar-refractivity contribution in [2.24, 2.45) is 5.73 Å². The van der Waals surface area contributed by atoms with E-state index in [4.69, 9.17) is 5.73 Å². The molecule has 0 saturated carbocycles. The second kappa shape index (κ2) is 15.0. The molecule has 1 saturated heterocycles. The van der Waals surface area contributed by atoms with Crippen molar-refractivity contribution in [3.05, 3.63) is 60.2 Å². The third kappa shape index (κ3) is 10.4. The predicted molar refractivity (Wildman–Crippen MR) is 108 cm³/mol. The normalized spacial score (nSPS) is 13.8. The van der Waals surface area contributed by atoms with E-state index in [-0.39, 0.29) is 37.2 Å². The number of carbonyl (C=O) groups is 1. The minimum Gasteiger partial charge on any atom is -0.328 e. The molecule has 1 aliphatic rings. The number of hydrogen-bond donors (Lipinski definition) is 1. The topological polar surface area (TPSA) is 72.1 Å². The number of hydrogen-bond acceptors (Lipinski definition) is 5. The average molecular weight is 408 g/mol. The van der Waals surface area contributed by atoms with E-state index < -0.39 is 0 Å². The fraction of sp³-hybridized carbons (Fsp3) is 0.353. The highest BCUT2D eigenvalue weighted by molar-refractivity contribution is 5.86. The third-order valence-corrected chi connectivity index (χ3v) is 3.58. The van der Waals surface area contributed by atoms with Crippen LogP contribution in [0.4, 0.5) is 0 Å². The lowest BCUT2D eigenvalue weighted by Crippen LogP contribution is -2.39. The number of aromatic nitrogens is 2. The van der Waals surface area contributed by atoms with Crippen molar-refractivity contribution < 1.29 is 4.79 Å². The zero-order valence-electron chi connectivity index (χ0n) is 13.9. The van der Waals surface area contributed by atoms with E-state index in [1.807, 2.05) is 18.5 Å². The van der Waals surface area contributed by atoms with Gasteiger partial charge >= 0.3 is 0 Å². The summed E-state index contributed by atoms with van der Waals surface area (Å²) >= 11 is 0. The second-order valence-corrected chi connectivity index (χ2v) is 5.38. The molecule has 2 aromatic rings. The van der Waals surface area contributed by atoms with Gasteiger partial charge in [-0.05, 0) is 49.7 Å². The molecule has 25 heavy (non-hydrogen) atoms. The summed E-state index contributed by atoms with van der Waals surface area (Å²) in [5, 5.41) is 0. The van der Waals surface area contributed by atoms with Crippen LogP contribution in [0.5, 0.6) is 0 Å². The zero-order chi connectivity index (χ0) is 15.6. The van der Waals surface area contributed by atoms with Crippen molar-refractivity contribution in [2.45, 2.75) is 25.4 Å². The van der Waals surface area contributed by atoms with E-state index in [1.165, 1.54) is 11.8 Å². The molecule has 0 aromatic carbocycles. The molecule has 0 bridgehead atoms. The second-order valence-electron chi connectivity index (χ2n) is 5.38. The van der Waals surface area contributed by atoms with Gasteiger partial charge in [0.05, 0.1) is 0 Å². The SMILES string of the molecule is Cl.Cl.Cl.NC1CCN(Cc2cccnc2)CC1.O=Cc1cccnc1. The van der Waals surface area contributed by atoms with Crippen molar-refractivity contribution in [1.82, 2.24) is 14.9 Å². The molecule has 0 atom stereocenters. The number of nitrogens with two attached hydrogens (primary N) is 1. The van der Waals surface area contributed by atoms with Crippen molar-refractivity contribution in [1.29, 1.82) is 0 Å². The van der Waals surface area contributed by atoms with Crippen molar-refractivity contribution >= 4 is 43.5 Å². The Morgan fingerprint density at radius 3 is 2.08 bits per heavy atom. The molecule has 0 radical (unpaired) electrons. The first-order valence-corrected chi connectivity index (χ1v) is 7.50. The molecular weight excluding hydrogens is 383 g/mol. The van der Waals surface area contributed by atoms with Crippen LogP contribution >= 0.6 is 37.2 Å². The Bertz CT molecular complexity index is 552. The highest BCUT2D eigenvalue weighted by Gasteiger charge is 2.15. The number of halogens is 3. The van der Waals surface area contributed by atoms with Gasteiger partial charge in [0.15, 0.2) is 6.29 Å². The van der Waals surface area contributed by atoms with Crippen LogP contribution in [0.15, 0.2) is 49.1 Å². The number of likely N-dealkylation sites (tertiary alicyclic amines) is 1. The predicted octanol–water partition coefficient (Wildman–Crippen LogP) is 3.16. The molecule has 0 aliphatic carbocycles. The van der Waals surface area contributed by atoms with Crippen LogP contribution in [-0.4, -0.2) is 40.3 Å². The van der Waals surface area contributed by atoms with E-state index in [0.717, 1.165) is 38.8 Å². The first-order valence-electron chi connectivity index (χ1n) is 7.50. The van der Waals surface area contributed by atoms with Crippen LogP contribution in [-0.2, 0) is 6.54 Å². The lowest BCUT2D eigenvalue weighted by atomic mass is 10.1. The molecule has 1 aliphatic heterocycles. The fourth-order valence-electron chi connectivity index (χ4n) is 2.31. The number of rotatable bonds is 3. The molecule has 2 N–H and O–H groups in total. The summed E-state index contributed by atoms with van der Waals surface area (Å²) < 4.78 is 0. The van der Waals surface area contributed by atoms with Gasteiger partial charge in [-0.3, -0.25) is 19.7 Å². The summed E-state index contributed by atoms with van der Waals surface area (Å²) in [6.45, 7) is 3.26. The van der Waals surface area contributed by atoms with Gasteiger partial charge in [-0.2, -0.15) is 0 Å². The third-order valence-electron chi connectivity index (χ3n) is 3.58. The Morgan fingerprint density at radius 1 is 1.04 bits per heavy atom.